The van der Waals surface area contributed by atoms with E-state index in [2.05, 4.69) is 5.32 Å². The first kappa shape index (κ1) is 16.3. The monoisotopic (exact) mass is 274 g/mol. The van der Waals surface area contributed by atoms with E-state index in [0.29, 0.717) is 0 Å². The summed E-state index contributed by atoms with van der Waals surface area (Å²) < 4.78 is 0. The van der Waals surface area contributed by atoms with Crippen LogP contribution in [0.15, 0.2) is 29.2 Å². The molecule has 2 atom stereocenters. The predicted octanol–water partition coefficient (Wildman–Crippen LogP) is 2.75. The quantitative estimate of drug-likeness (QED) is 0.830. The van der Waals surface area contributed by atoms with Gasteiger partial charge in [0.15, 0.2) is 0 Å². The molecule has 0 fully saturated rings. The smallest absolute Gasteiger partial charge is 0.228 e. The highest BCUT2D eigenvalue weighted by molar-refractivity contribution is 7.98. The van der Waals surface area contributed by atoms with Gasteiger partial charge in [0.05, 0.1) is 5.92 Å². The van der Waals surface area contributed by atoms with Crippen molar-refractivity contribution in [3.05, 3.63) is 24.3 Å². The number of nitrogens with one attached hydrogen (secondary N) is 1. The molecule has 96 valence electrons. The van der Waals surface area contributed by atoms with Gasteiger partial charge in [0.2, 0.25) is 5.91 Å². The van der Waals surface area contributed by atoms with Crippen molar-refractivity contribution in [1.82, 2.24) is 0 Å². The van der Waals surface area contributed by atoms with Crippen molar-refractivity contribution in [3.63, 3.8) is 0 Å². The Morgan fingerprint density at radius 2 is 2.06 bits per heavy atom. The van der Waals surface area contributed by atoms with Crippen molar-refractivity contribution in [1.29, 1.82) is 0 Å². The molecule has 1 aromatic rings. The van der Waals surface area contributed by atoms with Gasteiger partial charge in [-0.15, -0.1) is 24.2 Å². The minimum absolute atomic E-state index is 0. The van der Waals surface area contributed by atoms with Crippen LogP contribution in [0.2, 0.25) is 0 Å². The van der Waals surface area contributed by atoms with Crippen LogP contribution in [0, 0.1) is 5.92 Å². The minimum atomic E-state index is -0.182. The number of amides is 1. The Kier molecular flexibility index (Phi) is 7.27. The lowest BCUT2D eigenvalue weighted by Crippen LogP contribution is -2.34. The van der Waals surface area contributed by atoms with Crippen LogP contribution in [0.25, 0.3) is 0 Å². The molecule has 0 bridgehead atoms. The lowest BCUT2D eigenvalue weighted by atomic mass is 10.0. The van der Waals surface area contributed by atoms with Crippen molar-refractivity contribution in [2.24, 2.45) is 11.7 Å². The predicted molar refractivity (Wildman–Crippen MR) is 76.9 cm³/mol. The Morgan fingerprint density at radius 1 is 1.41 bits per heavy atom. The number of thioether (sulfide) groups is 1. The van der Waals surface area contributed by atoms with Crippen LogP contribution in [-0.2, 0) is 4.79 Å². The molecule has 3 nitrogen and oxygen atoms in total. The van der Waals surface area contributed by atoms with E-state index in [1.807, 2.05) is 44.4 Å². The summed E-state index contributed by atoms with van der Waals surface area (Å²) in [7, 11) is 0. The molecular formula is C12H19ClN2OS. The van der Waals surface area contributed by atoms with Crippen LogP contribution in [0.3, 0.4) is 0 Å². The Hall–Kier alpha value is -0.710. The topological polar surface area (TPSA) is 55.1 Å². The lowest BCUT2D eigenvalue weighted by molar-refractivity contribution is -0.119. The van der Waals surface area contributed by atoms with E-state index in [1.165, 1.54) is 0 Å². The van der Waals surface area contributed by atoms with Gasteiger partial charge in [0, 0.05) is 16.6 Å². The van der Waals surface area contributed by atoms with Crippen LogP contribution in [0.1, 0.15) is 13.8 Å². The second kappa shape index (κ2) is 7.58. The number of carbonyl (C=O) groups is 1. The van der Waals surface area contributed by atoms with E-state index < -0.39 is 0 Å². The molecule has 0 radical (unpaired) electrons. The third-order valence-electron chi connectivity index (χ3n) is 2.54. The fourth-order valence-electron chi connectivity index (χ4n) is 1.20. The number of nitrogens with two attached hydrogens (primary N) is 1. The van der Waals surface area contributed by atoms with E-state index in [9.17, 15) is 4.79 Å². The summed E-state index contributed by atoms with van der Waals surface area (Å²) in [4.78, 5) is 12.9. The first-order valence-electron chi connectivity index (χ1n) is 5.25. The molecule has 0 aliphatic rings. The first-order chi connectivity index (χ1) is 7.54. The molecule has 1 amide bonds. The molecule has 1 aromatic carbocycles. The van der Waals surface area contributed by atoms with Crippen molar-refractivity contribution in [3.8, 4) is 0 Å². The number of rotatable bonds is 4. The van der Waals surface area contributed by atoms with E-state index in [0.717, 1.165) is 10.6 Å². The molecule has 5 heteroatoms. The second-order valence-electron chi connectivity index (χ2n) is 3.87. The fraction of sp³-hybridized carbons (Fsp3) is 0.417. The van der Waals surface area contributed by atoms with Crippen molar-refractivity contribution in [2.45, 2.75) is 24.8 Å². The molecule has 1 rings (SSSR count). The average Bonchev–Trinajstić information content (AvgIpc) is 2.28. The highest BCUT2D eigenvalue weighted by Crippen LogP contribution is 2.19. The van der Waals surface area contributed by atoms with Gasteiger partial charge in [-0.3, -0.25) is 4.79 Å². The molecule has 2 unspecified atom stereocenters. The highest BCUT2D eigenvalue weighted by atomic mass is 35.5. The molecule has 3 N–H and O–H groups in total. The van der Waals surface area contributed by atoms with Crippen molar-refractivity contribution >= 4 is 35.8 Å². The van der Waals surface area contributed by atoms with Gasteiger partial charge in [0.25, 0.3) is 0 Å². The maximum absolute atomic E-state index is 11.8. The van der Waals surface area contributed by atoms with Crippen LogP contribution >= 0.6 is 24.2 Å². The minimum Gasteiger partial charge on any atom is -0.327 e. The van der Waals surface area contributed by atoms with Crippen LogP contribution < -0.4 is 11.1 Å². The lowest BCUT2D eigenvalue weighted by Gasteiger charge is -2.15. The molecule has 0 heterocycles. The second-order valence-corrected chi connectivity index (χ2v) is 4.75. The third-order valence-corrected chi connectivity index (χ3v) is 3.26. The van der Waals surface area contributed by atoms with Gasteiger partial charge in [-0.05, 0) is 31.4 Å². The summed E-state index contributed by atoms with van der Waals surface area (Å²) >= 11 is 1.65. The largest absolute Gasteiger partial charge is 0.327 e. The number of halogens is 1. The SMILES string of the molecule is CSc1cccc(NC(=O)C(C)C(C)N)c1.Cl. The number of carbonyl (C=O) groups excluding carboxylic acids is 1. The average molecular weight is 275 g/mol. The Bertz CT molecular complexity index is 371. The van der Waals surface area contributed by atoms with Crippen molar-refractivity contribution in [2.75, 3.05) is 11.6 Å². The zero-order valence-electron chi connectivity index (χ0n) is 10.3. The van der Waals surface area contributed by atoms with Gasteiger partial charge >= 0.3 is 0 Å². The maximum atomic E-state index is 11.8. The summed E-state index contributed by atoms with van der Waals surface area (Å²) in [5.41, 5.74) is 6.51. The third kappa shape index (κ3) is 4.98. The molecule has 0 spiro atoms. The molecule has 0 aliphatic carbocycles. The summed E-state index contributed by atoms with van der Waals surface area (Å²) in [5, 5.41) is 2.87. The normalized spacial score (nSPS) is 13.4. The standard InChI is InChI=1S/C12H18N2OS.ClH/c1-8(9(2)13)12(15)14-10-5-4-6-11(7-10)16-3;/h4-9H,13H2,1-3H3,(H,14,15);1H. The van der Waals surface area contributed by atoms with E-state index in [1.54, 1.807) is 11.8 Å². The van der Waals surface area contributed by atoms with E-state index >= 15 is 0 Å². The zero-order valence-corrected chi connectivity index (χ0v) is 11.9. The summed E-state index contributed by atoms with van der Waals surface area (Å²) in [6.45, 7) is 3.67. The summed E-state index contributed by atoms with van der Waals surface area (Å²) in [5.74, 6) is -0.216. The molecule has 0 aromatic heterocycles. The molecule has 0 aliphatic heterocycles. The van der Waals surface area contributed by atoms with Crippen molar-refractivity contribution < 1.29 is 4.79 Å². The van der Waals surface area contributed by atoms with Crippen LogP contribution in [0.5, 0.6) is 0 Å². The maximum Gasteiger partial charge on any atom is 0.228 e. The Labute approximate surface area is 113 Å². The highest BCUT2D eigenvalue weighted by Gasteiger charge is 2.16. The first-order valence-corrected chi connectivity index (χ1v) is 6.47. The number of anilines is 1. The van der Waals surface area contributed by atoms with E-state index in [4.69, 9.17) is 5.73 Å². The van der Waals surface area contributed by atoms with Gasteiger partial charge in [-0.1, -0.05) is 13.0 Å². The molecular weight excluding hydrogens is 256 g/mol. The Balaban J connectivity index is 0.00000256. The fourth-order valence-corrected chi connectivity index (χ4v) is 1.66. The van der Waals surface area contributed by atoms with Gasteiger partial charge in [-0.25, -0.2) is 0 Å². The molecule has 0 saturated heterocycles. The van der Waals surface area contributed by atoms with Gasteiger partial charge < -0.3 is 11.1 Å². The number of benzene rings is 1. The molecule has 0 saturated carbocycles. The van der Waals surface area contributed by atoms with Gasteiger partial charge in [-0.2, -0.15) is 0 Å². The zero-order chi connectivity index (χ0) is 12.1. The van der Waals surface area contributed by atoms with Gasteiger partial charge in [0.1, 0.15) is 0 Å². The summed E-state index contributed by atoms with van der Waals surface area (Å²) in [6.07, 6.45) is 2.01. The van der Waals surface area contributed by atoms with Crippen LogP contribution in [0.4, 0.5) is 5.69 Å². The molecule has 17 heavy (non-hydrogen) atoms. The van der Waals surface area contributed by atoms with Crippen LogP contribution in [-0.4, -0.2) is 18.2 Å². The number of hydrogen-bond acceptors (Lipinski definition) is 3. The number of hydrogen-bond donors (Lipinski definition) is 2. The van der Waals surface area contributed by atoms with E-state index in [-0.39, 0.29) is 30.3 Å². The summed E-state index contributed by atoms with van der Waals surface area (Å²) in [6, 6.07) is 7.64. The Morgan fingerprint density at radius 3 is 2.59 bits per heavy atom.